The van der Waals surface area contributed by atoms with Crippen molar-refractivity contribution in [3.05, 3.63) is 18.2 Å². The van der Waals surface area contributed by atoms with Gasteiger partial charge in [0.05, 0.1) is 12.0 Å². The van der Waals surface area contributed by atoms with Crippen molar-refractivity contribution in [1.82, 2.24) is 19.4 Å². The fourth-order valence-electron chi connectivity index (χ4n) is 1.49. The maximum Gasteiger partial charge on any atom is 0.0950 e. The van der Waals surface area contributed by atoms with Crippen LogP contribution in [0.5, 0.6) is 0 Å². The molecule has 0 fully saturated rings. The minimum atomic E-state index is 0.659. The van der Waals surface area contributed by atoms with E-state index in [0.29, 0.717) is 6.54 Å². The largest absolute Gasteiger partial charge is 0.336 e. The molecule has 1 aromatic heterocycles. The van der Waals surface area contributed by atoms with Crippen LogP contribution < -0.4 is 5.73 Å². The molecule has 1 aromatic rings. The van der Waals surface area contributed by atoms with Crippen LogP contribution in [0.3, 0.4) is 0 Å². The van der Waals surface area contributed by atoms with Gasteiger partial charge in [-0.05, 0) is 21.1 Å². The summed E-state index contributed by atoms with van der Waals surface area (Å²) in [6.45, 7) is 4.52. The Kier molecular flexibility index (Phi) is 5.45. The van der Waals surface area contributed by atoms with Crippen LogP contribution in [0, 0.1) is 0 Å². The molecule has 0 bridgehead atoms. The lowest BCUT2D eigenvalue weighted by Gasteiger charge is -2.18. The van der Waals surface area contributed by atoms with Crippen LogP contribution in [-0.4, -0.2) is 60.1 Å². The monoisotopic (exact) mass is 225 g/mol. The molecule has 0 radical (unpaired) electrons. The molecule has 5 heteroatoms. The van der Waals surface area contributed by atoms with Crippen molar-refractivity contribution in [3.8, 4) is 0 Å². The third kappa shape index (κ3) is 4.74. The second-order valence-corrected chi connectivity index (χ2v) is 4.43. The smallest absolute Gasteiger partial charge is 0.0950 e. The van der Waals surface area contributed by atoms with Crippen LogP contribution in [-0.2, 0) is 13.1 Å². The molecule has 0 aromatic carbocycles. The number of hydrogen-bond acceptors (Lipinski definition) is 4. The Morgan fingerprint density at radius 2 is 2.06 bits per heavy atom. The van der Waals surface area contributed by atoms with Crippen LogP contribution in [0.25, 0.3) is 0 Å². The van der Waals surface area contributed by atoms with Crippen molar-refractivity contribution in [2.45, 2.75) is 13.1 Å². The highest BCUT2D eigenvalue weighted by molar-refractivity contribution is 4.96. The first kappa shape index (κ1) is 13.2. The molecule has 0 spiro atoms. The van der Waals surface area contributed by atoms with E-state index >= 15 is 0 Å². The molecule has 1 heterocycles. The predicted molar refractivity (Wildman–Crippen MR) is 66.2 cm³/mol. The van der Waals surface area contributed by atoms with Crippen LogP contribution in [0.4, 0.5) is 0 Å². The maximum atomic E-state index is 5.49. The molecular formula is C11H23N5. The molecule has 0 aliphatic heterocycles. The van der Waals surface area contributed by atoms with Crippen LogP contribution in [0.15, 0.2) is 12.5 Å². The Labute approximate surface area is 97.8 Å². The lowest BCUT2D eigenvalue weighted by molar-refractivity contribution is 0.274. The van der Waals surface area contributed by atoms with Crippen molar-refractivity contribution >= 4 is 0 Å². The van der Waals surface area contributed by atoms with Gasteiger partial charge < -0.3 is 15.2 Å². The first-order chi connectivity index (χ1) is 7.61. The molecule has 0 aliphatic rings. The predicted octanol–water partition coefficient (Wildman–Crippen LogP) is -0.165. The van der Waals surface area contributed by atoms with Gasteiger partial charge in [-0.1, -0.05) is 0 Å². The van der Waals surface area contributed by atoms with Gasteiger partial charge in [-0.3, -0.25) is 4.90 Å². The zero-order valence-electron chi connectivity index (χ0n) is 10.6. The summed E-state index contributed by atoms with van der Waals surface area (Å²) in [4.78, 5) is 8.81. The van der Waals surface area contributed by atoms with Crippen molar-refractivity contribution < 1.29 is 0 Å². The van der Waals surface area contributed by atoms with Gasteiger partial charge in [0, 0.05) is 38.9 Å². The zero-order chi connectivity index (χ0) is 12.0. The van der Waals surface area contributed by atoms with Gasteiger partial charge in [0.15, 0.2) is 0 Å². The highest BCUT2D eigenvalue weighted by atomic mass is 15.2. The van der Waals surface area contributed by atoms with Gasteiger partial charge in [-0.25, -0.2) is 4.98 Å². The number of rotatable bonds is 7. The van der Waals surface area contributed by atoms with Gasteiger partial charge in [0.25, 0.3) is 0 Å². The van der Waals surface area contributed by atoms with Gasteiger partial charge in [-0.15, -0.1) is 0 Å². The summed E-state index contributed by atoms with van der Waals surface area (Å²) in [7, 11) is 6.29. The minimum Gasteiger partial charge on any atom is -0.336 e. The highest BCUT2D eigenvalue weighted by Crippen LogP contribution is 2.00. The molecule has 0 saturated carbocycles. The first-order valence-electron chi connectivity index (χ1n) is 5.66. The molecule has 92 valence electrons. The molecule has 0 atom stereocenters. The van der Waals surface area contributed by atoms with Crippen molar-refractivity contribution in [1.29, 1.82) is 0 Å². The van der Waals surface area contributed by atoms with E-state index in [9.17, 15) is 0 Å². The highest BCUT2D eigenvalue weighted by Gasteiger charge is 2.03. The quantitative estimate of drug-likeness (QED) is 0.700. The average molecular weight is 225 g/mol. The number of aromatic nitrogens is 2. The Balaban J connectivity index is 2.34. The first-order valence-corrected chi connectivity index (χ1v) is 5.66. The van der Waals surface area contributed by atoms with E-state index < -0.39 is 0 Å². The van der Waals surface area contributed by atoms with Crippen LogP contribution in [0.1, 0.15) is 5.69 Å². The van der Waals surface area contributed by atoms with Gasteiger partial charge in [0.1, 0.15) is 0 Å². The number of imidazole rings is 1. The molecule has 16 heavy (non-hydrogen) atoms. The maximum absolute atomic E-state index is 5.49. The molecule has 5 nitrogen and oxygen atoms in total. The second kappa shape index (κ2) is 6.62. The standard InChI is InChI=1S/C11H23N5/c1-14(2)6-7-15(3)8-11-9-16(5-4-12)10-13-11/h9-10H,4-8,12H2,1-3H3. The van der Waals surface area contributed by atoms with E-state index in [1.807, 2.05) is 10.9 Å². The number of hydrogen-bond donors (Lipinski definition) is 1. The Morgan fingerprint density at radius 1 is 1.31 bits per heavy atom. The molecule has 2 N–H and O–H groups in total. The van der Waals surface area contributed by atoms with Crippen molar-refractivity contribution in [2.24, 2.45) is 5.73 Å². The summed E-state index contributed by atoms with van der Waals surface area (Å²) in [5, 5.41) is 0. The average Bonchev–Trinajstić information content (AvgIpc) is 2.63. The third-order valence-corrected chi connectivity index (χ3v) is 2.43. The van der Waals surface area contributed by atoms with E-state index in [-0.39, 0.29) is 0 Å². The molecule has 0 aliphatic carbocycles. The summed E-state index contributed by atoms with van der Waals surface area (Å²) < 4.78 is 2.04. The van der Waals surface area contributed by atoms with Gasteiger partial charge in [0.2, 0.25) is 0 Å². The van der Waals surface area contributed by atoms with Crippen LogP contribution >= 0.6 is 0 Å². The number of nitrogens with zero attached hydrogens (tertiary/aromatic N) is 4. The van der Waals surface area contributed by atoms with E-state index in [1.54, 1.807) is 0 Å². The fourth-order valence-corrected chi connectivity index (χ4v) is 1.49. The molecule has 1 rings (SSSR count). The minimum absolute atomic E-state index is 0.659. The zero-order valence-corrected chi connectivity index (χ0v) is 10.6. The lowest BCUT2D eigenvalue weighted by atomic mass is 10.4. The SMILES string of the molecule is CN(C)CCN(C)Cc1cn(CCN)cn1. The molecule has 0 unspecified atom stereocenters. The Hall–Kier alpha value is -0.910. The second-order valence-electron chi connectivity index (χ2n) is 4.43. The van der Waals surface area contributed by atoms with E-state index in [2.05, 4.69) is 42.1 Å². The lowest BCUT2D eigenvalue weighted by Crippen LogP contribution is -2.28. The molecule has 0 amide bonds. The van der Waals surface area contributed by atoms with Gasteiger partial charge in [-0.2, -0.15) is 0 Å². The summed E-state index contributed by atoms with van der Waals surface area (Å²) >= 11 is 0. The summed E-state index contributed by atoms with van der Waals surface area (Å²) in [6.07, 6.45) is 3.92. The summed E-state index contributed by atoms with van der Waals surface area (Å²) in [5.41, 5.74) is 6.59. The normalized spacial score (nSPS) is 11.6. The van der Waals surface area contributed by atoms with Crippen molar-refractivity contribution in [3.63, 3.8) is 0 Å². The van der Waals surface area contributed by atoms with E-state index in [4.69, 9.17) is 5.73 Å². The Morgan fingerprint density at radius 3 is 2.69 bits per heavy atom. The topological polar surface area (TPSA) is 50.3 Å². The summed E-state index contributed by atoms with van der Waals surface area (Å²) in [5.74, 6) is 0. The summed E-state index contributed by atoms with van der Waals surface area (Å²) in [6, 6.07) is 0. The van der Waals surface area contributed by atoms with Crippen molar-refractivity contribution in [2.75, 3.05) is 40.8 Å². The van der Waals surface area contributed by atoms with E-state index in [0.717, 1.165) is 31.9 Å². The van der Waals surface area contributed by atoms with Crippen LogP contribution in [0.2, 0.25) is 0 Å². The van der Waals surface area contributed by atoms with Gasteiger partial charge >= 0.3 is 0 Å². The number of nitrogens with two attached hydrogens (primary N) is 1. The number of likely N-dealkylation sites (N-methyl/N-ethyl adjacent to an activating group) is 2. The molecule has 0 saturated heterocycles. The van der Waals surface area contributed by atoms with E-state index in [1.165, 1.54) is 0 Å². The Bertz CT molecular complexity index is 294. The third-order valence-electron chi connectivity index (χ3n) is 2.43. The molecular weight excluding hydrogens is 202 g/mol. The fraction of sp³-hybridized carbons (Fsp3) is 0.727.